The first kappa shape index (κ1) is 15.4. The van der Waals surface area contributed by atoms with Crippen LogP contribution >= 0.6 is 0 Å². The number of carbonyl (C=O) groups is 1. The van der Waals surface area contributed by atoms with Crippen molar-refractivity contribution >= 4 is 6.09 Å². The van der Waals surface area contributed by atoms with Gasteiger partial charge in [0.15, 0.2) is 0 Å². The standard InChI is InChI=1S/C14H23N3O2/c1-11(8-17-13(18)19-14(2,3)4)16-10-12-6-5-7-15-9-12/h5-7,9,11,16H,8,10H2,1-4H3,(H,17,18). The third-order valence-electron chi connectivity index (χ3n) is 2.33. The van der Waals surface area contributed by atoms with Gasteiger partial charge < -0.3 is 15.4 Å². The number of carbonyl (C=O) groups excluding carboxylic acids is 1. The highest BCUT2D eigenvalue weighted by Gasteiger charge is 2.16. The molecule has 1 heterocycles. The minimum absolute atomic E-state index is 0.160. The Labute approximate surface area is 114 Å². The zero-order chi connectivity index (χ0) is 14.3. The second-order valence-corrected chi connectivity index (χ2v) is 5.53. The van der Waals surface area contributed by atoms with Crippen molar-refractivity contribution in [2.75, 3.05) is 6.54 Å². The minimum Gasteiger partial charge on any atom is -0.444 e. The fraction of sp³-hybridized carbons (Fsp3) is 0.571. The molecule has 0 aliphatic heterocycles. The van der Waals surface area contributed by atoms with Gasteiger partial charge in [-0.3, -0.25) is 4.98 Å². The van der Waals surface area contributed by atoms with Crippen molar-refractivity contribution in [1.82, 2.24) is 15.6 Å². The average molecular weight is 265 g/mol. The molecule has 0 bridgehead atoms. The highest BCUT2D eigenvalue weighted by atomic mass is 16.6. The Balaban J connectivity index is 2.21. The second-order valence-electron chi connectivity index (χ2n) is 5.53. The summed E-state index contributed by atoms with van der Waals surface area (Å²) in [7, 11) is 0. The molecule has 0 aliphatic carbocycles. The molecule has 0 radical (unpaired) electrons. The third-order valence-corrected chi connectivity index (χ3v) is 2.33. The molecule has 1 amide bonds. The van der Waals surface area contributed by atoms with Crippen molar-refractivity contribution in [3.8, 4) is 0 Å². The Kier molecular flexibility index (Phi) is 5.76. The molecule has 1 rings (SSSR count). The highest BCUT2D eigenvalue weighted by Crippen LogP contribution is 2.06. The van der Waals surface area contributed by atoms with Crippen molar-refractivity contribution in [3.63, 3.8) is 0 Å². The summed E-state index contributed by atoms with van der Waals surface area (Å²) in [5, 5.41) is 6.04. The molecule has 106 valence electrons. The first-order valence-corrected chi connectivity index (χ1v) is 6.46. The summed E-state index contributed by atoms with van der Waals surface area (Å²) in [5.41, 5.74) is 0.655. The van der Waals surface area contributed by atoms with Crippen LogP contribution in [0.2, 0.25) is 0 Å². The summed E-state index contributed by atoms with van der Waals surface area (Å²) in [4.78, 5) is 15.5. The van der Waals surface area contributed by atoms with E-state index in [0.717, 1.165) is 12.1 Å². The van der Waals surface area contributed by atoms with E-state index in [4.69, 9.17) is 4.74 Å². The maximum absolute atomic E-state index is 11.5. The number of pyridine rings is 1. The zero-order valence-corrected chi connectivity index (χ0v) is 12.1. The predicted molar refractivity (Wildman–Crippen MR) is 74.8 cm³/mol. The van der Waals surface area contributed by atoms with Crippen LogP contribution < -0.4 is 10.6 Å². The lowest BCUT2D eigenvalue weighted by Gasteiger charge is -2.21. The molecule has 1 atom stereocenters. The topological polar surface area (TPSA) is 63.2 Å². The maximum Gasteiger partial charge on any atom is 0.407 e. The summed E-state index contributed by atoms with van der Waals surface area (Å²) >= 11 is 0. The second kappa shape index (κ2) is 7.09. The SMILES string of the molecule is CC(CNC(=O)OC(C)(C)C)NCc1cccnc1. The average Bonchev–Trinajstić information content (AvgIpc) is 2.33. The third kappa shape index (κ3) is 7.41. The van der Waals surface area contributed by atoms with Gasteiger partial charge in [-0.15, -0.1) is 0 Å². The lowest BCUT2D eigenvalue weighted by atomic mass is 10.2. The number of aromatic nitrogens is 1. The van der Waals surface area contributed by atoms with Crippen LogP contribution in [0.1, 0.15) is 33.3 Å². The van der Waals surface area contributed by atoms with E-state index in [9.17, 15) is 4.79 Å². The van der Waals surface area contributed by atoms with Crippen LogP contribution in [0.15, 0.2) is 24.5 Å². The van der Waals surface area contributed by atoms with Gasteiger partial charge in [0.05, 0.1) is 0 Å². The van der Waals surface area contributed by atoms with Gasteiger partial charge in [-0.05, 0) is 39.3 Å². The van der Waals surface area contributed by atoms with E-state index in [1.807, 2.05) is 46.0 Å². The first-order valence-electron chi connectivity index (χ1n) is 6.46. The molecule has 2 N–H and O–H groups in total. The number of nitrogens with one attached hydrogen (secondary N) is 2. The molecule has 1 unspecified atom stereocenters. The lowest BCUT2D eigenvalue weighted by Crippen LogP contribution is -2.41. The monoisotopic (exact) mass is 265 g/mol. The number of hydrogen-bond acceptors (Lipinski definition) is 4. The van der Waals surface area contributed by atoms with Crippen LogP contribution in [0.5, 0.6) is 0 Å². The van der Waals surface area contributed by atoms with Crippen molar-refractivity contribution in [2.45, 2.75) is 45.9 Å². The number of ether oxygens (including phenoxy) is 1. The molecule has 5 nitrogen and oxygen atoms in total. The van der Waals surface area contributed by atoms with Gasteiger partial charge in [0.25, 0.3) is 0 Å². The molecular formula is C14H23N3O2. The molecule has 0 spiro atoms. The van der Waals surface area contributed by atoms with Crippen LogP contribution in [-0.4, -0.2) is 29.3 Å². The van der Waals surface area contributed by atoms with Crippen LogP contribution in [0.3, 0.4) is 0 Å². The van der Waals surface area contributed by atoms with Crippen molar-refractivity contribution in [2.24, 2.45) is 0 Å². The molecule has 0 aromatic carbocycles. The Bertz CT molecular complexity index is 387. The molecular weight excluding hydrogens is 242 g/mol. The van der Waals surface area contributed by atoms with E-state index in [0.29, 0.717) is 6.54 Å². The van der Waals surface area contributed by atoms with Gasteiger partial charge in [0.1, 0.15) is 5.60 Å². The fourth-order valence-electron chi connectivity index (χ4n) is 1.42. The number of nitrogens with zero attached hydrogens (tertiary/aromatic N) is 1. The van der Waals surface area contributed by atoms with Crippen LogP contribution in [-0.2, 0) is 11.3 Å². The predicted octanol–water partition coefficient (Wildman–Crippen LogP) is 2.08. The van der Waals surface area contributed by atoms with E-state index in [-0.39, 0.29) is 12.1 Å². The zero-order valence-electron chi connectivity index (χ0n) is 12.1. The molecule has 19 heavy (non-hydrogen) atoms. The Hall–Kier alpha value is -1.62. The van der Waals surface area contributed by atoms with Gasteiger partial charge in [-0.2, -0.15) is 0 Å². The molecule has 1 aromatic heterocycles. The molecule has 0 saturated carbocycles. The first-order chi connectivity index (χ1) is 8.87. The van der Waals surface area contributed by atoms with Gasteiger partial charge in [0.2, 0.25) is 0 Å². The molecule has 0 fully saturated rings. The lowest BCUT2D eigenvalue weighted by molar-refractivity contribution is 0.0523. The number of hydrogen-bond donors (Lipinski definition) is 2. The van der Waals surface area contributed by atoms with E-state index in [1.165, 1.54) is 0 Å². The Morgan fingerprint density at radius 3 is 2.79 bits per heavy atom. The number of rotatable bonds is 5. The van der Waals surface area contributed by atoms with E-state index in [1.54, 1.807) is 6.20 Å². The Morgan fingerprint density at radius 2 is 2.21 bits per heavy atom. The molecule has 5 heteroatoms. The van der Waals surface area contributed by atoms with Gasteiger partial charge in [0, 0.05) is 31.5 Å². The number of alkyl carbamates (subject to hydrolysis) is 1. The summed E-state index contributed by atoms with van der Waals surface area (Å²) in [6.07, 6.45) is 3.18. The van der Waals surface area contributed by atoms with Crippen LogP contribution in [0.25, 0.3) is 0 Å². The van der Waals surface area contributed by atoms with Gasteiger partial charge in [-0.25, -0.2) is 4.79 Å². The van der Waals surface area contributed by atoms with E-state index in [2.05, 4.69) is 15.6 Å². The highest BCUT2D eigenvalue weighted by molar-refractivity contribution is 5.67. The van der Waals surface area contributed by atoms with Crippen LogP contribution in [0, 0.1) is 0 Å². The molecule has 1 aromatic rings. The van der Waals surface area contributed by atoms with Crippen molar-refractivity contribution in [1.29, 1.82) is 0 Å². The normalized spacial score (nSPS) is 12.8. The van der Waals surface area contributed by atoms with E-state index < -0.39 is 5.60 Å². The molecule has 0 aliphatic rings. The van der Waals surface area contributed by atoms with Gasteiger partial charge >= 0.3 is 6.09 Å². The molecule has 0 saturated heterocycles. The quantitative estimate of drug-likeness (QED) is 0.855. The van der Waals surface area contributed by atoms with Crippen LogP contribution in [0.4, 0.5) is 4.79 Å². The summed E-state index contributed by atoms with van der Waals surface area (Å²) in [6, 6.07) is 4.07. The largest absolute Gasteiger partial charge is 0.444 e. The van der Waals surface area contributed by atoms with E-state index >= 15 is 0 Å². The summed E-state index contributed by atoms with van der Waals surface area (Å²) in [6.45, 7) is 8.79. The van der Waals surface area contributed by atoms with Gasteiger partial charge in [-0.1, -0.05) is 6.07 Å². The number of amides is 1. The fourth-order valence-corrected chi connectivity index (χ4v) is 1.42. The smallest absolute Gasteiger partial charge is 0.407 e. The maximum atomic E-state index is 11.5. The summed E-state index contributed by atoms with van der Waals surface area (Å²) in [5.74, 6) is 0. The minimum atomic E-state index is -0.462. The van der Waals surface area contributed by atoms with Crippen molar-refractivity contribution in [3.05, 3.63) is 30.1 Å². The van der Waals surface area contributed by atoms with Crippen molar-refractivity contribution < 1.29 is 9.53 Å². The Morgan fingerprint density at radius 1 is 1.47 bits per heavy atom. The summed E-state index contributed by atoms with van der Waals surface area (Å²) < 4.78 is 5.16.